The van der Waals surface area contributed by atoms with Crippen LogP contribution in [0.25, 0.3) is 11.3 Å². The van der Waals surface area contributed by atoms with E-state index >= 15 is 0 Å². The van der Waals surface area contributed by atoms with Crippen molar-refractivity contribution >= 4 is 11.6 Å². The van der Waals surface area contributed by atoms with E-state index in [1.807, 2.05) is 0 Å². The Labute approximate surface area is 100 Å². The second-order valence-electron chi connectivity index (χ2n) is 3.30. The van der Waals surface area contributed by atoms with E-state index in [0.29, 0.717) is 11.3 Å². The van der Waals surface area contributed by atoms with Crippen LogP contribution in [0.15, 0.2) is 36.7 Å². The van der Waals surface area contributed by atoms with Gasteiger partial charge in [-0.1, -0.05) is 23.7 Å². The molecule has 2 rings (SSSR count). The van der Waals surface area contributed by atoms with Crippen molar-refractivity contribution in [2.24, 2.45) is 0 Å². The lowest BCUT2D eigenvalue weighted by molar-refractivity contribution is -0.137. The van der Waals surface area contributed by atoms with Crippen LogP contribution in [0.4, 0.5) is 13.2 Å². The molecule has 88 valence electrons. The first-order valence-electron chi connectivity index (χ1n) is 4.62. The normalized spacial score (nSPS) is 11.5. The van der Waals surface area contributed by atoms with Gasteiger partial charge in [0.25, 0.3) is 0 Å². The number of halogens is 4. The minimum absolute atomic E-state index is 0.187. The minimum atomic E-state index is -4.37. The molecule has 0 saturated carbocycles. The molecule has 0 amide bonds. The van der Waals surface area contributed by atoms with Crippen LogP contribution in [0.2, 0.25) is 5.15 Å². The van der Waals surface area contributed by atoms with Crippen molar-refractivity contribution in [2.75, 3.05) is 0 Å². The first-order valence-corrected chi connectivity index (χ1v) is 5.00. The van der Waals surface area contributed by atoms with Crippen LogP contribution in [0.1, 0.15) is 5.56 Å². The van der Waals surface area contributed by atoms with Gasteiger partial charge in [-0.3, -0.25) is 0 Å². The summed E-state index contributed by atoms with van der Waals surface area (Å²) >= 11 is 5.65. The third-order valence-corrected chi connectivity index (χ3v) is 2.33. The molecule has 17 heavy (non-hydrogen) atoms. The Morgan fingerprint density at radius 1 is 1.06 bits per heavy atom. The average Bonchev–Trinajstić information content (AvgIpc) is 2.28. The number of aromatic nitrogens is 2. The first-order chi connectivity index (χ1) is 7.97. The topological polar surface area (TPSA) is 25.8 Å². The summed E-state index contributed by atoms with van der Waals surface area (Å²) in [4.78, 5) is 7.54. The number of benzene rings is 1. The highest BCUT2D eigenvalue weighted by molar-refractivity contribution is 6.29. The fourth-order valence-electron chi connectivity index (χ4n) is 1.35. The quantitative estimate of drug-likeness (QED) is 0.727. The molecule has 0 N–H and O–H groups in total. The molecule has 0 atom stereocenters. The Balaban J connectivity index is 2.47. The van der Waals surface area contributed by atoms with Crippen LogP contribution in [0, 0.1) is 0 Å². The zero-order valence-corrected chi connectivity index (χ0v) is 9.13. The van der Waals surface area contributed by atoms with Gasteiger partial charge in [0.2, 0.25) is 0 Å². The molecule has 1 heterocycles. The van der Waals surface area contributed by atoms with Gasteiger partial charge in [-0.15, -0.1) is 0 Å². The summed E-state index contributed by atoms with van der Waals surface area (Å²) in [6.45, 7) is 0. The van der Waals surface area contributed by atoms with Crippen LogP contribution >= 0.6 is 11.6 Å². The van der Waals surface area contributed by atoms with E-state index in [1.54, 1.807) is 0 Å². The molecule has 6 heteroatoms. The molecule has 0 spiro atoms. The van der Waals surface area contributed by atoms with E-state index in [1.165, 1.54) is 24.5 Å². The van der Waals surface area contributed by atoms with Gasteiger partial charge in [0.1, 0.15) is 11.5 Å². The molecule has 0 aliphatic carbocycles. The number of alkyl halides is 3. The maximum absolute atomic E-state index is 12.5. The van der Waals surface area contributed by atoms with Crippen LogP contribution < -0.4 is 0 Å². The molecule has 0 bridgehead atoms. The van der Waals surface area contributed by atoms with Crippen LogP contribution in [0.5, 0.6) is 0 Å². The first kappa shape index (κ1) is 11.9. The Bertz CT molecular complexity index is 540. The lowest BCUT2D eigenvalue weighted by Crippen LogP contribution is -2.04. The second kappa shape index (κ2) is 4.33. The minimum Gasteiger partial charge on any atom is -0.236 e. The Hall–Kier alpha value is -1.62. The number of rotatable bonds is 1. The fraction of sp³-hybridized carbons (Fsp3) is 0.0909. The summed E-state index contributed by atoms with van der Waals surface area (Å²) in [5.41, 5.74) is -0.00930. The Kier molecular flexibility index (Phi) is 3.02. The van der Waals surface area contributed by atoms with Gasteiger partial charge in [-0.2, -0.15) is 13.2 Å². The lowest BCUT2D eigenvalue weighted by Gasteiger charge is -2.08. The highest BCUT2D eigenvalue weighted by Crippen LogP contribution is 2.31. The highest BCUT2D eigenvalue weighted by atomic mass is 35.5. The molecule has 0 unspecified atom stereocenters. The van der Waals surface area contributed by atoms with Crippen LogP contribution in [-0.2, 0) is 6.18 Å². The van der Waals surface area contributed by atoms with Crippen molar-refractivity contribution in [2.45, 2.75) is 6.18 Å². The third-order valence-electron chi connectivity index (χ3n) is 2.12. The standard InChI is InChI=1S/C11H6ClF3N2/c12-10-5-9(16-6-17-10)7-2-1-3-8(4-7)11(13,14)15/h1-6H. The van der Waals surface area contributed by atoms with E-state index in [2.05, 4.69) is 9.97 Å². The summed E-state index contributed by atoms with van der Waals surface area (Å²) in [5, 5.41) is 0.187. The van der Waals surface area contributed by atoms with Gasteiger partial charge in [-0.05, 0) is 12.1 Å². The third kappa shape index (κ3) is 2.74. The van der Waals surface area contributed by atoms with E-state index in [9.17, 15) is 13.2 Å². The SMILES string of the molecule is FC(F)(F)c1cccc(-c2cc(Cl)ncn2)c1. The van der Waals surface area contributed by atoms with Crippen molar-refractivity contribution in [1.82, 2.24) is 9.97 Å². The van der Waals surface area contributed by atoms with Crippen molar-refractivity contribution < 1.29 is 13.2 Å². The predicted molar refractivity (Wildman–Crippen MR) is 57.5 cm³/mol. The lowest BCUT2D eigenvalue weighted by atomic mass is 10.1. The molecule has 0 aliphatic rings. The van der Waals surface area contributed by atoms with Gasteiger partial charge >= 0.3 is 6.18 Å². The van der Waals surface area contributed by atoms with E-state index < -0.39 is 11.7 Å². The number of nitrogens with zero attached hydrogens (tertiary/aromatic N) is 2. The summed E-state index contributed by atoms with van der Waals surface area (Å²) in [6.07, 6.45) is -3.16. The maximum atomic E-state index is 12.5. The zero-order valence-electron chi connectivity index (χ0n) is 8.37. The molecule has 0 radical (unpaired) electrons. The smallest absolute Gasteiger partial charge is 0.236 e. The predicted octanol–water partition coefficient (Wildman–Crippen LogP) is 3.82. The van der Waals surface area contributed by atoms with Gasteiger partial charge in [0.15, 0.2) is 0 Å². The molecule has 2 aromatic rings. The molecule has 1 aromatic heterocycles. The average molecular weight is 259 g/mol. The monoisotopic (exact) mass is 258 g/mol. The van der Waals surface area contributed by atoms with E-state index in [0.717, 1.165) is 12.1 Å². The second-order valence-corrected chi connectivity index (χ2v) is 3.69. The maximum Gasteiger partial charge on any atom is 0.416 e. The Morgan fingerprint density at radius 3 is 2.47 bits per heavy atom. The van der Waals surface area contributed by atoms with Crippen molar-refractivity contribution in [3.8, 4) is 11.3 Å². The van der Waals surface area contributed by atoms with Gasteiger partial charge in [0, 0.05) is 11.6 Å². The number of hydrogen-bond donors (Lipinski definition) is 0. The summed E-state index contributed by atoms with van der Waals surface area (Å²) < 4.78 is 37.5. The summed E-state index contributed by atoms with van der Waals surface area (Å²) in [7, 11) is 0. The molecule has 0 saturated heterocycles. The fourth-order valence-corrected chi connectivity index (χ4v) is 1.49. The van der Waals surface area contributed by atoms with Crippen molar-refractivity contribution in [3.05, 3.63) is 47.4 Å². The molecule has 0 fully saturated rings. The molecule has 1 aromatic carbocycles. The van der Waals surface area contributed by atoms with E-state index in [-0.39, 0.29) is 5.15 Å². The Morgan fingerprint density at radius 2 is 1.82 bits per heavy atom. The molecule has 2 nitrogen and oxygen atoms in total. The zero-order chi connectivity index (χ0) is 12.5. The summed E-state index contributed by atoms with van der Waals surface area (Å²) in [5.74, 6) is 0. The van der Waals surface area contributed by atoms with Crippen molar-refractivity contribution in [3.63, 3.8) is 0 Å². The van der Waals surface area contributed by atoms with Gasteiger partial charge < -0.3 is 0 Å². The van der Waals surface area contributed by atoms with Crippen LogP contribution in [-0.4, -0.2) is 9.97 Å². The molecular weight excluding hydrogens is 253 g/mol. The number of hydrogen-bond acceptors (Lipinski definition) is 2. The molecule has 0 aliphatic heterocycles. The van der Waals surface area contributed by atoms with Crippen LogP contribution in [0.3, 0.4) is 0 Å². The highest BCUT2D eigenvalue weighted by Gasteiger charge is 2.30. The van der Waals surface area contributed by atoms with Gasteiger partial charge in [0.05, 0.1) is 11.3 Å². The van der Waals surface area contributed by atoms with Gasteiger partial charge in [-0.25, -0.2) is 9.97 Å². The van der Waals surface area contributed by atoms with E-state index in [4.69, 9.17) is 11.6 Å². The summed E-state index contributed by atoms with van der Waals surface area (Å²) in [6, 6.07) is 6.31. The molecular formula is C11H6ClF3N2. The largest absolute Gasteiger partial charge is 0.416 e. The van der Waals surface area contributed by atoms with Crippen molar-refractivity contribution in [1.29, 1.82) is 0 Å².